The number of methoxy groups -OCH3 is 1. The number of nitrogens with zero attached hydrogens (tertiary/aromatic N) is 1. The number of carbonyl (C=O) groups is 1. The van der Waals surface area contributed by atoms with Crippen LogP contribution in [0.4, 0.5) is 14.5 Å². The zero-order valence-corrected chi connectivity index (χ0v) is 20.7. The molecule has 0 aliphatic heterocycles. The number of ether oxygens (including phenoxy) is 1. The minimum absolute atomic E-state index is 0.168. The van der Waals surface area contributed by atoms with Gasteiger partial charge < -0.3 is 9.84 Å². The van der Waals surface area contributed by atoms with Crippen LogP contribution in [0, 0.1) is 18.6 Å². The highest BCUT2D eigenvalue weighted by Gasteiger charge is 2.25. The number of carboxylic acid groups (broad SMARTS) is 1. The molecule has 1 aliphatic rings. The number of halogens is 2. The molecule has 0 unspecified atom stereocenters. The summed E-state index contributed by atoms with van der Waals surface area (Å²) in [5.74, 6) is -2.91. The fourth-order valence-corrected chi connectivity index (χ4v) is 6.57. The third-order valence-corrected chi connectivity index (χ3v) is 8.49. The Kier molecular flexibility index (Phi) is 7.09. The summed E-state index contributed by atoms with van der Waals surface area (Å²) < 4.78 is 62.4. The number of rotatable bonds is 7. The number of benzene rings is 2. The SMILES string of the molecule is COc1cc(C(=O)O)c(F)cc1NS(=O)(=O)c1csc(-c2ccc(C3CCCCC3)c(F)c2C)n1. The van der Waals surface area contributed by atoms with Crippen molar-refractivity contribution >= 4 is 33.0 Å². The van der Waals surface area contributed by atoms with E-state index in [1.807, 2.05) is 0 Å². The second-order valence-electron chi connectivity index (χ2n) is 8.41. The van der Waals surface area contributed by atoms with Gasteiger partial charge in [-0.25, -0.2) is 18.6 Å². The maximum absolute atomic E-state index is 15.2. The van der Waals surface area contributed by atoms with Crippen LogP contribution in [0.2, 0.25) is 0 Å². The van der Waals surface area contributed by atoms with Gasteiger partial charge in [0.2, 0.25) is 0 Å². The average molecular weight is 523 g/mol. The standard InChI is InChI=1S/C24H24F2N2O5S2/c1-13-15(8-9-16(22(13)26)14-6-4-3-5-7-14)23-27-21(12-34-23)35(31,32)28-19-11-18(25)17(24(29)30)10-20(19)33-2/h8-12,14,28H,3-7H2,1-2H3,(H,29,30). The molecule has 2 N–H and O–H groups in total. The Balaban J connectivity index is 1.63. The lowest BCUT2D eigenvalue weighted by Crippen LogP contribution is -2.15. The average Bonchev–Trinajstić information content (AvgIpc) is 3.32. The molecule has 0 saturated heterocycles. The smallest absolute Gasteiger partial charge is 0.338 e. The number of nitrogens with one attached hydrogen (secondary N) is 1. The van der Waals surface area contributed by atoms with E-state index in [1.165, 1.54) is 18.9 Å². The number of carboxylic acids is 1. The largest absolute Gasteiger partial charge is 0.495 e. The van der Waals surface area contributed by atoms with Gasteiger partial charge in [0.25, 0.3) is 10.0 Å². The van der Waals surface area contributed by atoms with Crippen LogP contribution in [0.1, 0.15) is 59.5 Å². The zero-order valence-electron chi connectivity index (χ0n) is 19.1. The molecular formula is C24H24F2N2O5S2. The summed E-state index contributed by atoms with van der Waals surface area (Å²) in [6, 6.07) is 5.16. The molecule has 1 aliphatic carbocycles. The van der Waals surface area contributed by atoms with Crippen molar-refractivity contribution in [1.82, 2.24) is 4.98 Å². The van der Waals surface area contributed by atoms with Crippen molar-refractivity contribution in [1.29, 1.82) is 0 Å². The minimum atomic E-state index is -4.27. The molecule has 0 radical (unpaired) electrons. The maximum atomic E-state index is 15.2. The molecule has 0 bridgehead atoms. The number of hydrogen-bond donors (Lipinski definition) is 2. The highest BCUT2D eigenvalue weighted by molar-refractivity contribution is 7.92. The lowest BCUT2D eigenvalue weighted by atomic mass is 9.83. The molecule has 0 atom stereocenters. The fraction of sp³-hybridized carbons (Fsp3) is 0.333. The molecular weight excluding hydrogens is 498 g/mol. The van der Waals surface area contributed by atoms with E-state index >= 15 is 4.39 Å². The van der Waals surface area contributed by atoms with Gasteiger partial charge in [-0.2, -0.15) is 8.42 Å². The van der Waals surface area contributed by atoms with Crippen molar-refractivity contribution in [3.8, 4) is 16.3 Å². The summed E-state index contributed by atoms with van der Waals surface area (Å²) in [4.78, 5) is 15.3. The van der Waals surface area contributed by atoms with Gasteiger partial charge in [-0.15, -0.1) is 11.3 Å². The second kappa shape index (κ2) is 9.90. The highest BCUT2D eigenvalue weighted by Crippen LogP contribution is 2.38. The summed E-state index contributed by atoms with van der Waals surface area (Å²) >= 11 is 1.04. The molecule has 0 spiro atoms. The number of hydrogen-bond acceptors (Lipinski definition) is 6. The van der Waals surface area contributed by atoms with Gasteiger partial charge in [-0.05, 0) is 42.9 Å². The van der Waals surface area contributed by atoms with E-state index in [2.05, 4.69) is 9.71 Å². The molecule has 1 saturated carbocycles. The van der Waals surface area contributed by atoms with E-state index in [4.69, 9.17) is 9.84 Å². The Morgan fingerprint density at radius 2 is 1.91 bits per heavy atom. The predicted octanol–water partition coefficient (Wildman–Crippen LogP) is 5.95. The first-order valence-electron chi connectivity index (χ1n) is 11.0. The van der Waals surface area contributed by atoms with Crippen LogP contribution in [0.3, 0.4) is 0 Å². The van der Waals surface area contributed by atoms with Crippen molar-refractivity contribution in [2.75, 3.05) is 11.8 Å². The summed E-state index contributed by atoms with van der Waals surface area (Å²) in [5, 5.41) is 10.4. The quantitative estimate of drug-likeness (QED) is 0.397. The number of thiazole rings is 1. The van der Waals surface area contributed by atoms with Crippen LogP contribution in [0.25, 0.3) is 10.6 Å². The summed E-state index contributed by atoms with van der Waals surface area (Å²) in [6.07, 6.45) is 5.25. The van der Waals surface area contributed by atoms with Gasteiger partial charge in [0.05, 0.1) is 18.4 Å². The minimum Gasteiger partial charge on any atom is -0.495 e. The lowest BCUT2D eigenvalue weighted by Gasteiger charge is -2.23. The monoisotopic (exact) mass is 522 g/mol. The number of sulfonamides is 1. The molecule has 0 amide bonds. The van der Waals surface area contributed by atoms with E-state index in [9.17, 15) is 17.6 Å². The Hall–Kier alpha value is -3.05. The van der Waals surface area contributed by atoms with Crippen molar-refractivity contribution in [2.24, 2.45) is 0 Å². The van der Waals surface area contributed by atoms with Gasteiger partial charge in [-0.1, -0.05) is 31.4 Å². The second-order valence-corrected chi connectivity index (χ2v) is 10.9. The fourth-order valence-electron chi connectivity index (χ4n) is 4.34. The molecule has 186 valence electrons. The van der Waals surface area contributed by atoms with Gasteiger partial charge in [0.1, 0.15) is 22.4 Å². The van der Waals surface area contributed by atoms with E-state index in [0.29, 0.717) is 21.7 Å². The van der Waals surface area contributed by atoms with Crippen molar-refractivity contribution in [2.45, 2.75) is 50.0 Å². The molecule has 11 heteroatoms. The first-order chi connectivity index (χ1) is 16.6. The van der Waals surface area contributed by atoms with Crippen LogP contribution in [-0.2, 0) is 10.0 Å². The molecule has 1 fully saturated rings. The molecule has 7 nitrogen and oxygen atoms in total. The molecule has 3 aromatic rings. The van der Waals surface area contributed by atoms with Crippen LogP contribution in [0.5, 0.6) is 5.75 Å². The van der Waals surface area contributed by atoms with E-state index in [0.717, 1.165) is 49.2 Å². The molecule has 1 aromatic heterocycles. The number of aromatic carboxylic acids is 1. The van der Waals surface area contributed by atoms with Crippen molar-refractivity contribution in [3.63, 3.8) is 0 Å². The Morgan fingerprint density at radius 1 is 1.20 bits per heavy atom. The number of aromatic nitrogens is 1. The molecule has 35 heavy (non-hydrogen) atoms. The first-order valence-corrected chi connectivity index (χ1v) is 13.4. The normalized spacial score (nSPS) is 14.6. The summed E-state index contributed by atoms with van der Waals surface area (Å²) in [7, 11) is -3.07. The first kappa shape index (κ1) is 25.1. The van der Waals surface area contributed by atoms with Gasteiger partial charge in [0.15, 0.2) is 5.03 Å². The Labute approximate surface area is 205 Å². The third-order valence-electron chi connectivity index (χ3n) is 6.21. The van der Waals surface area contributed by atoms with Crippen molar-refractivity contribution in [3.05, 3.63) is 58.0 Å². The Morgan fingerprint density at radius 3 is 2.57 bits per heavy atom. The highest BCUT2D eigenvalue weighted by atomic mass is 32.2. The van der Waals surface area contributed by atoms with Crippen LogP contribution in [0.15, 0.2) is 34.7 Å². The van der Waals surface area contributed by atoms with E-state index in [1.54, 1.807) is 19.1 Å². The summed E-state index contributed by atoms with van der Waals surface area (Å²) in [5.41, 5.74) is 0.671. The Bertz CT molecular complexity index is 1380. The van der Waals surface area contributed by atoms with Crippen LogP contribution >= 0.6 is 11.3 Å². The van der Waals surface area contributed by atoms with Gasteiger partial charge >= 0.3 is 5.97 Å². The molecule has 2 aromatic carbocycles. The van der Waals surface area contributed by atoms with Gasteiger partial charge in [-0.3, -0.25) is 4.72 Å². The van der Waals surface area contributed by atoms with Crippen LogP contribution < -0.4 is 9.46 Å². The third kappa shape index (κ3) is 5.01. The molecule has 1 heterocycles. The van der Waals surface area contributed by atoms with Crippen molar-refractivity contribution < 1.29 is 31.8 Å². The van der Waals surface area contributed by atoms with E-state index < -0.39 is 27.4 Å². The van der Waals surface area contributed by atoms with Crippen LogP contribution in [-0.4, -0.2) is 31.6 Å². The predicted molar refractivity (Wildman–Crippen MR) is 129 cm³/mol. The lowest BCUT2D eigenvalue weighted by molar-refractivity contribution is 0.0691. The van der Waals surface area contributed by atoms with E-state index in [-0.39, 0.29) is 28.2 Å². The number of anilines is 1. The maximum Gasteiger partial charge on any atom is 0.338 e. The molecule has 4 rings (SSSR count). The zero-order chi connectivity index (χ0) is 25.3. The summed E-state index contributed by atoms with van der Waals surface area (Å²) in [6.45, 7) is 1.66. The van der Waals surface area contributed by atoms with Gasteiger partial charge in [0, 0.05) is 17.0 Å². The topological polar surface area (TPSA) is 106 Å².